The minimum absolute atomic E-state index is 0.0129. The summed E-state index contributed by atoms with van der Waals surface area (Å²) in [4.78, 5) is 24.9. The first-order valence-corrected chi connectivity index (χ1v) is 8.30. The van der Waals surface area contributed by atoms with Gasteiger partial charge >= 0.3 is 5.97 Å². The number of amides is 1. The number of aromatic carboxylic acids is 1. The van der Waals surface area contributed by atoms with Crippen LogP contribution >= 0.6 is 0 Å². The molecule has 2 heterocycles. The zero-order valence-corrected chi connectivity index (χ0v) is 13.9. The monoisotopic (exact) mass is 343 g/mol. The standard InChI is InChI=1S/C18H21N3O4/c22-17(13-25-12-14-4-2-1-3-5-14)20-8-6-16(7-9-20)21-11-15(10-19-21)18(23)24/h1-5,10-11,16H,6-9,12-13H2,(H,23,24). The molecule has 7 heteroatoms. The molecule has 1 aliphatic heterocycles. The minimum atomic E-state index is -0.977. The van der Waals surface area contributed by atoms with E-state index in [4.69, 9.17) is 9.84 Å². The molecule has 132 valence electrons. The number of rotatable bonds is 6. The smallest absolute Gasteiger partial charge is 0.338 e. The van der Waals surface area contributed by atoms with Crippen LogP contribution in [0, 0.1) is 0 Å². The molecule has 0 bridgehead atoms. The highest BCUT2D eigenvalue weighted by atomic mass is 16.5. The quantitative estimate of drug-likeness (QED) is 0.867. The van der Waals surface area contributed by atoms with Gasteiger partial charge in [0.15, 0.2) is 0 Å². The van der Waals surface area contributed by atoms with Gasteiger partial charge < -0.3 is 14.7 Å². The van der Waals surface area contributed by atoms with Crippen molar-refractivity contribution in [1.82, 2.24) is 14.7 Å². The van der Waals surface area contributed by atoms with E-state index >= 15 is 0 Å². The number of carbonyl (C=O) groups is 2. The van der Waals surface area contributed by atoms with Crippen LogP contribution in [0.2, 0.25) is 0 Å². The summed E-state index contributed by atoms with van der Waals surface area (Å²) in [5, 5.41) is 13.1. The van der Waals surface area contributed by atoms with Gasteiger partial charge in [-0.1, -0.05) is 30.3 Å². The fourth-order valence-corrected chi connectivity index (χ4v) is 2.95. The summed E-state index contributed by atoms with van der Waals surface area (Å²) in [5.74, 6) is -0.990. The van der Waals surface area contributed by atoms with Gasteiger partial charge in [-0.3, -0.25) is 9.48 Å². The van der Waals surface area contributed by atoms with Gasteiger partial charge in [-0.15, -0.1) is 0 Å². The fraction of sp³-hybridized carbons (Fsp3) is 0.389. The maximum absolute atomic E-state index is 12.2. The molecule has 1 N–H and O–H groups in total. The van der Waals surface area contributed by atoms with E-state index in [1.54, 1.807) is 15.8 Å². The molecule has 1 saturated heterocycles. The second-order valence-electron chi connectivity index (χ2n) is 6.10. The van der Waals surface area contributed by atoms with Crippen molar-refractivity contribution >= 4 is 11.9 Å². The second-order valence-corrected chi connectivity index (χ2v) is 6.10. The van der Waals surface area contributed by atoms with Gasteiger partial charge in [-0.25, -0.2) is 4.79 Å². The Hall–Kier alpha value is -2.67. The highest BCUT2D eigenvalue weighted by Crippen LogP contribution is 2.22. The number of carboxylic acid groups (broad SMARTS) is 1. The number of aromatic nitrogens is 2. The largest absolute Gasteiger partial charge is 0.478 e. The van der Waals surface area contributed by atoms with E-state index in [1.165, 1.54) is 6.20 Å². The highest BCUT2D eigenvalue weighted by molar-refractivity contribution is 5.86. The SMILES string of the molecule is O=C(O)c1cnn(C2CCN(C(=O)COCc3ccccc3)CC2)c1. The zero-order valence-electron chi connectivity index (χ0n) is 13.9. The lowest BCUT2D eigenvalue weighted by molar-refractivity contribution is -0.137. The van der Waals surface area contributed by atoms with Crippen LogP contribution < -0.4 is 0 Å². The first kappa shape index (κ1) is 17.2. The average molecular weight is 343 g/mol. The Kier molecular flexibility index (Phi) is 5.45. The van der Waals surface area contributed by atoms with Crippen molar-refractivity contribution in [3.05, 3.63) is 53.9 Å². The molecule has 1 fully saturated rings. The van der Waals surface area contributed by atoms with Gasteiger partial charge in [0.25, 0.3) is 0 Å². The Bertz CT molecular complexity index is 721. The Morgan fingerprint density at radius 1 is 1.20 bits per heavy atom. The van der Waals surface area contributed by atoms with E-state index in [0.29, 0.717) is 19.7 Å². The number of piperidine rings is 1. The lowest BCUT2D eigenvalue weighted by atomic mass is 10.1. The number of hydrogen-bond donors (Lipinski definition) is 1. The van der Waals surface area contributed by atoms with E-state index in [-0.39, 0.29) is 24.1 Å². The third kappa shape index (κ3) is 4.45. The van der Waals surface area contributed by atoms with Crippen LogP contribution in [-0.4, -0.2) is 51.4 Å². The number of carbonyl (C=O) groups excluding carboxylic acids is 1. The molecule has 1 aliphatic rings. The van der Waals surface area contributed by atoms with Gasteiger partial charge in [-0.05, 0) is 18.4 Å². The van der Waals surface area contributed by atoms with E-state index in [2.05, 4.69) is 5.10 Å². The third-order valence-electron chi connectivity index (χ3n) is 4.38. The zero-order chi connectivity index (χ0) is 17.6. The molecule has 0 saturated carbocycles. The molecule has 1 aromatic heterocycles. The van der Waals surface area contributed by atoms with Gasteiger partial charge in [0, 0.05) is 19.3 Å². The molecule has 0 radical (unpaired) electrons. The molecule has 1 aromatic carbocycles. The second kappa shape index (κ2) is 7.94. The molecule has 3 rings (SSSR count). The summed E-state index contributed by atoms with van der Waals surface area (Å²) >= 11 is 0. The Balaban J connectivity index is 1.43. The van der Waals surface area contributed by atoms with Crippen LogP contribution in [0.4, 0.5) is 0 Å². The van der Waals surface area contributed by atoms with Crippen LogP contribution in [0.1, 0.15) is 34.8 Å². The summed E-state index contributed by atoms with van der Waals surface area (Å²) in [6.07, 6.45) is 4.42. The number of likely N-dealkylation sites (tertiary alicyclic amines) is 1. The molecular formula is C18H21N3O4. The normalized spacial score (nSPS) is 15.3. The maximum Gasteiger partial charge on any atom is 0.338 e. The minimum Gasteiger partial charge on any atom is -0.478 e. The van der Waals surface area contributed by atoms with Crippen LogP contribution in [0.25, 0.3) is 0 Å². The van der Waals surface area contributed by atoms with Crippen LogP contribution in [0.15, 0.2) is 42.7 Å². The van der Waals surface area contributed by atoms with Gasteiger partial charge in [0.1, 0.15) is 6.61 Å². The Morgan fingerprint density at radius 2 is 1.92 bits per heavy atom. The molecular weight excluding hydrogens is 322 g/mol. The van der Waals surface area contributed by atoms with E-state index in [9.17, 15) is 9.59 Å². The van der Waals surface area contributed by atoms with Gasteiger partial charge in [-0.2, -0.15) is 5.10 Å². The number of benzene rings is 1. The predicted octanol–water partition coefficient (Wildman–Crippen LogP) is 1.96. The lowest BCUT2D eigenvalue weighted by Crippen LogP contribution is -2.41. The van der Waals surface area contributed by atoms with Crippen LogP contribution in [0.3, 0.4) is 0 Å². The Morgan fingerprint density at radius 3 is 2.56 bits per heavy atom. The maximum atomic E-state index is 12.2. The molecule has 1 amide bonds. The number of hydrogen-bond acceptors (Lipinski definition) is 4. The lowest BCUT2D eigenvalue weighted by Gasteiger charge is -2.32. The van der Waals surface area contributed by atoms with Crippen molar-refractivity contribution in [3.8, 4) is 0 Å². The first-order chi connectivity index (χ1) is 12.1. The number of carboxylic acids is 1. The van der Waals surface area contributed by atoms with Crippen molar-refractivity contribution in [2.75, 3.05) is 19.7 Å². The van der Waals surface area contributed by atoms with Crippen LogP contribution in [0.5, 0.6) is 0 Å². The summed E-state index contributed by atoms with van der Waals surface area (Å²) in [7, 11) is 0. The van der Waals surface area contributed by atoms with E-state index in [1.807, 2.05) is 30.3 Å². The molecule has 2 aromatic rings. The highest BCUT2D eigenvalue weighted by Gasteiger charge is 2.24. The van der Waals surface area contributed by atoms with Crippen molar-refractivity contribution < 1.29 is 19.4 Å². The van der Waals surface area contributed by atoms with E-state index < -0.39 is 5.97 Å². The van der Waals surface area contributed by atoms with Gasteiger partial charge in [0.2, 0.25) is 5.91 Å². The molecule has 7 nitrogen and oxygen atoms in total. The molecule has 25 heavy (non-hydrogen) atoms. The number of nitrogens with zero attached hydrogens (tertiary/aromatic N) is 3. The summed E-state index contributed by atoms with van der Waals surface area (Å²) < 4.78 is 7.19. The average Bonchev–Trinajstić information content (AvgIpc) is 3.13. The van der Waals surface area contributed by atoms with Crippen molar-refractivity contribution in [2.45, 2.75) is 25.5 Å². The molecule has 0 unspecified atom stereocenters. The van der Waals surface area contributed by atoms with Crippen molar-refractivity contribution in [1.29, 1.82) is 0 Å². The van der Waals surface area contributed by atoms with Gasteiger partial charge in [0.05, 0.1) is 24.4 Å². The van der Waals surface area contributed by atoms with Crippen LogP contribution in [-0.2, 0) is 16.1 Å². The predicted molar refractivity (Wildman–Crippen MR) is 90.1 cm³/mol. The summed E-state index contributed by atoms with van der Waals surface area (Å²) in [6, 6.07) is 9.88. The summed E-state index contributed by atoms with van der Waals surface area (Å²) in [6.45, 7) is 1.75. The molecule has 0 atom stereocenters. The van der Waals surface area contributed by atoms with E-state index in [0.717, 1.165) is 18.4 Å². The number of ether oxygens (including phenoxy) is 1. The first-order valence-electron chi connectivity index (χ1n) is 8.30. The summed E-state index contributed by atoms with van der Waals surface area (Å²) in [5.41, 5.74) is 1.23. The van der Waals surface area contributed by atoms with Crippen molar-refractivity contribution in [2.24, 2.45) is 0 Å². The van der Waals surface area contributed by atoms with Crippen molar-refractivity contribution in [3.63, 3.8) is 0 Å². The Labute approximate surface area is 145 Å². The third-order valence-corrected chi connectivity index (χ3v) is 4.38. The topological polar surface area (TPSA) is 84.7 Å². The molecule has 0 spiro atoms. The molecule has 0 aliphatic carbocycles. The fourth-order valence-electron chi connectivity index (χ4n) is 2.95.